The third-order valence-corrected chi connectivity index (χ3v) is 18.3. The number of nitriles is 2. The molecule has 0 N–H and O–H groups in total. The van der Waals surface area contributed by atoms with E-state index in [0.717, 1.165) is 87.2 Å². The lowest BCUT2D eigenvalue weighted by atomic mass is 9.98. The van der Waals surface area contributed by atoms with Crippen molar-refractivity contribution in [2.45, 2.75) is 0 Å². The molecule has 17 rings (SSSR count). The van der Waals surface area contributed by atoms with Crippen molar-refractivity contribution in [1.82, 2.24) is 18.3 Å². The molecule has 6 nitrogen and oxygen atoms in total. The summed E-state index contributed by atoms with van der Waals surface area (Å²) in [4.78, 5) is 0. The van der Waals surface area contributed by atoms with Gasteiger partial charge >= 0.3 is 0 Å². The Morgan fingerprint density at radius 1 is 0.237 bits per heavy atom. The van der Waals surface area contributed by atoms with Crippen molar-refractivity contribution >= 4 is 150 Å². The van der Waals surface area contributed by atoms with Gasteiger partial charge in [-0.2, -0.15) is 10.5 Å². The van der Waals surface area contributed by atoms with Crippen molar-refractivity contribution < 1.29 is 0 Å². The Kier molecular flexibility index (Phi) is 8.36. The lowest BCUT2D eigenvalue weighted by Crippen LogP contribution is -2.16. The van der Waals surface area contributed by atoms with E-state index in [2.05, 4.69) is 249 Å². The van der Waals surface area contributed by atoms with Gasteiger partial charge in [0, 0.05) is 83.4 Å². The van der Waals surface area contributed by atoms with Crippen molar-refractivity contribution in [3.63, 3.8) is 0 Å². The fourth-order valence-electron chi connectivity index (χ4n) is 13.1. The normalized spacial score (nSPS) is 12.2. The summed E-state index contributed by atoms with van der Waals surface area (Å²) in [6.07, 6.45) is 0. The molecule has 0 saturated carbocycles. The van der Waals surface area contributed by atoms with Gasteiger partial charge in [-0.25, -0.2) is 0 Å². The number of hydrogen-bond donors (Lipinski definition) is 0. The molecule has 0 radical (unpaired) electrons. The van der Waals surface area contributed by atoms with Gasteiger partial charge in [0.15, 0.2) is 0 Å². The van der Waals surface area contributed by atoms with Gasteiger partial charge in [-0.15, -0.1) is 22.7 Å². The van der Waals surface area contributed by atoms with Gasteiger partial charge in [-0.3, -0.25) is 0 Å². The molecule has 350 valence electrons. The number of aromatic nitrogens is 4. The topological polar surface area (TPSA) is 67.3 Å². The van der Waals surface area contributed by atoms with Crippen molar-refractivity contribution in [2.24, 2.45) is 0 Å². The minimum absolute atomic E-state index is 0.434. The van der Waals surface area contributed by atoms with E-state index in [9.17, 15) is 10.5 Å². The van der Waals surface area contributed by atoms with Gasteiger partial charge in [-0.05, 0) is 72.8 Å². The van der Waals surface area contributed by atoms with Crippen LogP contribution >= 0.6 is 22.7 Å². The number of nitrogens with zero attached hydrogens (tertiary/aromatic N) is 6. The maximum absolute atomic E-state index is 12.8. The Morgan fingerprint density at radius 2 is 0.500 bits per heavy atom. The van der Waals surface area contributed by atoms with E-state index < -0.39 is 0 Å². The predicted octanol–water partition coefficient (Wildman–Crippen LogP) is 18.6. The van der Waals surface area contributed by atoms with E-state index in [4.69, 9.17) is 0 Å². The molecule has 0 aliphatic rings. The molecule has 6 aromatic heterocycles. The van der Waals surface area contributed by atoms with Crippen LogP contribution < -0.4 is 0 Å². The number of para-hydroxylation sites is 6. The molecule has 0 unspecified atom stereocenters. The van der Waals surface area contributed by atoms with Crippen molar-refractivity contribution in [3.8, 4) is 34.9 Å². The summed E-state index contributed by atoms with van der Waals surface area (Å²) in [7, 11) is 0. The molecule has 0 aliphatic carbocycles. The first-order valence-electron chi connectivity index (χ1n) is 25.4. The molecular weight excluding hydrogens is 965 g/mol. The van der Waals surface area contributed by atoms with Crippen LogP contribution in [-0.2, 0) is 0 Å². The molecule has 17 aromatic rings. The minimum atomic E-state index is 0.434. The first-order chi connectivity index (χ1) is 37.7. The summed E-state index contributed by atoms with van der Waals surface area (Å²) in [6.45, 7) is 0. The second-order valence-corrected chi connectivity index (χ2v) is 21.8. The quantitative estimate of drug-likeness (QED) is 0.176. The summed E-state index contributed by atoms with van der Waals surface area (Å²) in [6, 6.07) is 83.3. The average molecular weight is 1000 g/mol. The molecule has 76 heavy (non-hydrogen) atoms. The van der Waals surface area contributed by atoms with Crippen molar-refractivity contribution in [2.75, 3.05) is 0 Å². The highest BCUT2D eigenvalue weighted by Gasteiger charge is 2.35. The molecular formula is C68H36N6S2. The zero-order chi connectivity index (χ0) is 49.9. The van der Waals surface area contributed by atoms with E-state index in [1.54, 1.807) is 22.7 Å². The highest BCUT2D eigenvalue weighted by atomic mass is 32.1. The summed E-state index contributed by atoms with van der Waals surface area (Å²) in [5, 5.41) is 38.9. The van der Waals surface area contributed by atoms with E-state index in [1.165, 1.54) is 40.3 Å². The molecule has 11 aromatic carbocycles. The van der Waals surface area contributed by atoms with Crippen LogP contribution in [0.25, 0.3) is 150 Å². The Hall–Kier alpha value is -9.96. The fraction of sp³-hybridized carbons (Fsp3) is 0. The molecule has 0 spiro atoms. The van der Waals surface area contributed by atoms with Gasteiger partial charge in [0.2, 0.25) is 0 Å². The second-order valence-electron chi connectivity index (χ2n) is 19.7. The van der Waals surface area contributed by atoms with Gasteiger partial charge in [0.25, 0.3) is 0 Å². The van der Waals surface area contributed by atoms with Crippen LogP contribution in [0.15, 0.2) is 218 Å². The second kappa shape index (κ2) is 15.3. The molecule has 0 fully saturated rings. The maximum Gasteiger partial charge on any atom is 0.104 e. The highest BCUT2D eigenvalue weighted by Crippen LogP contribution is 2.51. The lowest BCUT2D eigenvalue weighted by Gasteiger charge is -2.27. The number of thiophene rings is 2. The van der Waals surface area contributed by atoms with Gasteiger partial charge in [0.1, 0.15) is 23.3 Å². The highest BCUT2D eigenvalue weighted by molar-refractivity contribution is 7.26. The van der Waals surface area contributed by atoms with E-state index in [-0.39, 0.29) is 0 Å². The maximum atomic E-state index is 12.8. The number of benzene rings is 11. The number of rotatable bonds is 4. The molecule has 0 aliphatic heterocycles. The molecule has 6 heterocycles. The van der Waals surface area contributed by atoms with Crippen LogP contribution in [0.2, 0.25) is 0 Å². The van der Waals surface area contributed by atoms with Crippen LogP contribution in [0.3, 0.4) is 0 Å². The average Bonchev–Trinajstić information content (AvgIpc) is 4.51. The van der Waals surface area contributed by atoms with E-state index in [0.29, 0.717) is 33.9 Å². The summed E-state index contributed by atoms with van der Waals surface area (Å²) >= 11 is 3.60. The van der Waals surface area contributed by atoms with Crippen LogP contribution in [0.5, 0.6) is 0 Å². The van der Waals surface area contributed by atoms with Crippen LogP contribution in [0, 0.1) is 22.7 Å². The summed E-state index contributed by atoms with van der Waals surface area (Å²) in [5.74, 6) is 0. The third-order valence-electron chi connectivity index (χ3n) is 16.0. The molecule has 0 atom stereocenters. The molecule has 0 saturated heterocycles. The number of hydrogen-bond acceptors (Lipinski definition) is 4. The SMILES string of the molecule is N#Cc1c(-n2c3ccccc3c3ccccc32)c(-n2c3ccccc3c3c4c(ccc32)sc2ccccc24)c(C#N)c(-n2c3ccccc3c3ccccc32)c1-n1c2ccccc2c2c3c(ccc21)sc1ccccc13. The summed E-state index contributed by atoms with van der Waals surface area (Å²) < 4.78 is 14.0. The van der Waals surface area contributed by atoms with Gasteiger partial charge in [-0.1, -0.05) is 146 Å². The number of fused-ring (bicyclic) bond motifs is 20. The summed E-state index contributed by atoms with van der Waals surface area (Å²) in [5.41, 5.74) is 10.9. The Balaban J connectivity index is 1.19. The fourth-order valence-corrected chi connectivity index (χ4v) is 15.4. The lowest BCUT2D eigenvalue weighted by molar-refractivity contribution is 1.02. The zero-order valence-corrected chi connectivity index (χ0v) is 41.9. The largest absolute Gasteiger partial charge is 0.306 e. The standard InChI is InChI=1S/C68H36N6S2/c69-37-47-65(71-49-25-9-1-17-39(49)40-18-2-10-26-50(40)71)67(73-53-29-13-5-21-43(53)61-55(73)33-35-59-63(61)45-23-7-15-31-57(45)75-59)48(38-70)66(72-51-27-11-3-19-41(51)42-20-4-12-28-52(42)72)68(47)74-54-30-14-6-22-44(54)62-56(74)34-36-60-64(62)46-24-8-16-32-58(46)76-60/h1-36H. The van der Waals surface area contributed by atoms with Crippen LogP contribution in [0.1, 0.15) is 11.1 Å². The first kappa shape index (κ1) is 41.5. The Bertz CT molecular complexity index is 5070. The van der Waals surface area contributed by atoms with Gasteiger partial charge in [0.05, 0.1) is 66.9 Å². The van der Waals surface area contributed by atoms with Crippen LogP contribution in [0.4, 0.5) is 0 Å². The van der Waals surface area contributed by atoms with Crippen molar-refractivity contribution in [3.05, 3.63) is 230 Å². The van der Waals surface area contributed by atoms with E-state index >= 15 is 0 Å². The third kappa shape index (κ3) is 5.26. The Morgan fingerprint density at radius 3 is 0.829 bits per heavy atom. The van der Waals surface area contributed by atoms with Crippen molar-refractivity contribution in [1.29, 1.82) is 10.5 Å². The monoisotopic (exact) mass is 1000 g/mol. The minimum Gasteiger partial charge on any atom is -0.306 e. The predicted molar refractivity (Wildman–Crippen MR) is 319 cm³/mol. The molecule has 8 heteroatoms. The molecule has 0 bridgehead atoms. The Labute approximate surface area is 440 Å². The first-order valence-corrected chi connectivity index (χ1v) is 27.0. The smallest absolute Gasteiger partial charge is 0.104 e. The molecule has 0 amide bonds. The van der Waals surface area contributed by atoms with E-state index in [1.807, 2.05) is 0 Å². The van der Waals surface area contributed by atoms with Gasteiger partial charge < -0.3 is 18.3 Å². The van der Waals surface area contributed by atoms with Crippen LogP contribution in [-0.4, -0.2) is 18.3 Å². The zero-order valence-electron chi connectivity index (χ0n) is 40.3.